The van der Waals surface area contributed by atoms with Crippen molar-refractivity contribution in [3.05, 3.63) is 48.2 Å². The quantitative estimate of drug-likeness (QED) is 0.593. The van der Waals surface area contributed by atoms with Crippen molar-refractivity contribution < 1.29 is 33.0 Å². The molecule has 0 aliphatic carbocycles. The number of aromatic hydroxyl groups is 1. The number of rotatable bonds is 7. The van der Waals surface area contributed by atoms with Crippen LogP contribution in [0.2, 0.25) is 0 Å². The molecule has 1 atom stereocenters. The predicted molar refractivity (Wildman–Crippen MR) is 110 cm³/mol. The SMILES string of the molecule is O=C(CC(CN1CCN(c2ccc(C(F)(F)F)cn2)CC1)C(=O)O)Nc1cccc(O)c1. The van der Waals surface area contributed by atoms with Gasteiger partial charge >= 0.3 is 12.1 Å². The minimum atomic E-state index is -4.44. The number of carbonyl (C=O) groups excluding carboxylic acids is 1. The Bertz CT molecular complexity index is 945. The number of amides is 1. The number of hydrogen-bond donors (Lipinski definition) is 3. The molecule has 2 aromatic rings. The summed E-state index contributed by atoms with van der Waals surface area (Å²) in [4.78, 5) is 31.5. The lowest BCUT2D eigenvalue weighted by molar-refractivity contribution is -0.144. The molecule has 0 saturated carbocycles. The van der Waals surface area contributed by atoms with E-state index in [1.165, 1.54) is 18.2 Å². The Morgan fingerprint density at radius 3 is 2.41 bits per heavy atom. The normalized spacial score (nSPS) is 15.9. The number of alkyl halides is 3. The Kier molecular flexibility index (Phi) is 7.18. The van der Waals surface area contributed by atoms with Gasteiger partial charge < -0.3 is 20.4 Å². The number of phenols is 1. The zero-order valence-corrected chi connectivity index (χ0v) is 17.0. The van der Waals surface area contributed by atoms with Gasteiger partial charge in [-0.25, -0.2) is 4.98 Å². The summed E-state index contributed by atoms with van der Waals surface area (Å²) < 4.78 is 38.0. The number of hydrogen-bond acceptors (Lipinski definition) is 6. The molecule has 3 rings (SSSR count). The van der Waals surface area contributed by atoms with Gasteiger partial charge in [-0.05, 0) is 24.3 Å². The Morgan fingerprint density at radius 2 is 1.84 bits per heavy atom. The minimum Gasteiger partial charge on any atom is -0.508 e. The number of nitrogens with one attached hydrogen (secondary N) is 1. The molecule has 1 fully saturated rings. The summed E-state index contributed by atoms with van der Waals surface area (Å²) in [5.74, 6) is -2.09. The number of benzene rings is 1. The van der Waals surface area contributed by atoms with Crippen LogP contribution in [0.1, 0.15) is 12.0 Å². The third-order valence-electron chi connectivity index (χ3n) is 5.16. The average molecular weight is 452 g/mol. The summed E-state index contributed by atoms with van der Waals surface area (Å²) in [7, 11) is 0. The number of aliphatic carboxylic acids is 1. The van der Waals surface area contributed by atoms with Crippen molar-refractivity contribution in [1.29, 1.82) is 0 Å². The smallest absolute Gasteiger partial charge is 0.417 e. The van der Waals surface area contributed by atoms with Gasteiger partial charge in [0.1, 0.15) is 11.6 Å². The number of halogens is 3. The summed E-state index contributed by atoms with van der Waals surface area (Å²) >= 11 is 0. The van der Waals surface area contributed by atoms with Crippen molar-refractivity contribution in [3.8, 4) is 5.75 Å². The van der Waals surface area contributed by atoms with Crippen LogP contribution in [-0.4, -0.2) is 64.7 Å². The fourth-order valence-electron chi connectivity index (χ4n) is 3.46. The van der Waals surface area contributed by atoms with Gasteiger partial charge in [0.2, 0.25) is 5.91 Å². The van der Waals surface area contributed by atoms with Gasteiger partial charge in [-0.1, -0.05) is 6.07 Å². The summed E-state index contributed by atoms with van der Waals surface area (Å²) in [5.41, 5.74) is -0.440. The highest BCUT2D eigenvalue weighted by molar-refractivity contribution is 5.93. The molecule has 1 aliphatic heterocycles. The number of carboxylic acid groups (broad SMARTS) is 1. The molecular formula is C21H23F3N4O4. The van der Waals surface area contributed by atoms with Crippen LogP contribution in [0.25, 0.3) is 0 Å². The largest absolute Gasteiger partial charge is 0.508 e. The molecule has 1 aliphatic rings. The van der Waals surface area contributed by atoms with Gasteiger partial charge in [0.25, 0.3) is 0 Å². The Hall–Kier alpha value is -3.34. The van der Waals surface area contributed by atoms with Crippen molar-refractivity contribution in [2.75, 3.05) is 42.9 Å². The molecule has 1 saturated heterocycles. The van der Waals surface area contributed by atoms with E-state index >= 15 is 0 Å². The molecule has 0 radical (unpaired) electrons. The van der Waals surface area contributed by atoms with Crippen molar-refractivity contribution >= 4 is 23.4 Å². The first-order valence-electron chi connectivity index (χ1n) is 9.94. The maximum absolute atomic E-state index is 12.7. The van der Waals surface area contributed by atoms with E-state index in [1.54, 1.807) is 12.1 Å². The summed E-state index contributed by atoms with van der Waals surface area (Å²) in [5, 5.41) is 21.6. The van der Waals surface area contributed by atoms with E-state index in [2.05, 4.69) is 10.3 Å². The van der Waals surface area contributed by atoms with Crippen LogP contribution in [0.4, 0.5) is 24.7 Å². The number of piperazine rings is 1. The van der Waals surface area contributed by atoms with E-state index < -0.39 is 29.5 Å². The number of carboxylic acids is 1. The monoisotopic (exact) mass is 452 g/mol. The van der Waals surface area contributed by atoms with Crippen LogP contribution in [-0.2, 0) is 15.8 Å². The molecule has 0 spiro atoms. The number of pyridine rings is 1. The number of anilines is 2. The van der Waals surface area contributed by atoms with E-state index in [1.807, 2.05) is 9.80 Å². The lowest BCUT2D eigenvalue weighted by atomic mass is 10.0. The van der Waals surface area contributed by atoms with Crippen LogP contribution in [0.15, 0.2) is 42.6 Å². The Morgan fingerprint density at radius 1 is 1.12 bits per heavy atom. The second-order valence-electron chi connectivity index (χ2n) is 7.53. The molecule has 8 nitrogen and oxygen atoms in total. The second kappa shape index (κ2) is 9.86. The van der Waals surface area contributed by atoms with Gasteiger partial charge in [-0.3, -0.25) is 14.5 Å². The molecule has 3 N–H and O–H groups in total. The third-order valence-corrected chi connectivity index (χ3v) is 5.16. The highest BCUT2D eigenvalue weighted by Gasteiger charge is 2.31. The van der Waals surface area contributed by atoms with Crippen LogP contribution in [0.3, 0.4) is 0 Å². The molecule has 1 unspecified atom stereocenters. The highest BCUT2D eigenvalue weighted by atomic mass is 19.4. The van der Waals surface area contributed by atoms with Crippen LogP contribution < -0.4 is 10.2 Å². The fourth-order valence-corrected chi connectivity index (χ4v) is 3.46. The topological polar surface area (TPSA) is 106 Å². The fraction of sp³-hybridized carbons (Fsp3) is 0.381. The van der Waals surface area contributed by atoms with E-state index in [-0.39, 0.29) is 18.7 Å². The second-order valence-corrected chi connectivity index (χ2v) is 7.53. The molecule has 0 bridgehead atoms. The Balaban J connectivity index is 1.51. The van der Waals surface area contributed by atoms with Crippen molar-refractivity contribution in [2.45, 2.75) is 12.6 Å². The molecule has 172 valence electrons. The maximum Gasteiger partial charge on any atom is 0.417 e. The molecule has 1 aromatic carbocycles. The van der Waals surface area contributed by atoms with Gasteiger partial charge in [-0.2, -0.15) is 13.2 Å². The van der Waals surface area contributed by atoms with Gasteiger partial charge in [-0.15, -0.1) is 0 Å². The summed E-state index contributed by atoms with van der Waals surface area (Å²) in [6.07, 6.45) is -3.87. The van der Waals surface area contributed by atoms with Crippen molar-refractivity contribution in [3.63, 3.8) is 0 Å². The van der Waals surface area contributed by atoms with E-state index in [4.69, 9.17) is 0 Å². The highest BCUT2D eigenvalue weighted by Crippen LogP contribution is 2.29. The molecule has 32 heavy (non-hydrogen) atoms. The van der Waals surface area contributed by atoms with Crippen LogP contribution >= 0.6 is 0 Å². The average Bonchev–Trinajstić information content (AvgIpc) is 2.73. The van der Waals surface area contributed by atoms with E-state index in [9.17, 15) is 33.0 Å². The first kappa shape index (κ1) is 23.3. The van der Waals surface area contributed by atoms with Gasteiger partial charge in [0.05, 0.1) is 11.5 Å². The standard InChI is InChI=1S/C21H23F3N4O4/c22-21(23,24)15-4-5-18(25-12-15)28-8-6-27(7-9-28)13-14(20(31)32)10-19(30)26-16-2-1-3-17(29)11-16/h1-5,11-12,14,29H,6-10,13H2,(H,26,30)(H,31,32). The van der Waals surface area contributed by atoms with Crippen molar-refractivity contribution in [1.82, 2.24) is 9.88 Å². The molecule has 1 aromatic heterocycles. The first-order chi connectivity index (χ1) is 15.1. The first-order valence-corrected chi connectivity index (χ1v) is 9.94. The van der Waals surface area contributed by atoms with Crippen LogP contribution in [0, 0.1) is 5.92 Å². The Labute approximate surface area is 182 Å². The molecule has 2 heterocycles. The van der Waals surface area contributed by atoms with Crippen LogP contribution in [0.5, 0.6) is 5.75 Å². The molecule has 11 heteroatoms. The van der Waals surface area contributed by atoms with Crippen molar-refractivity contribution in [2.24, 2.45) is 5.92 Å². The maximum atomic E-state index is 12.7. The zero-order valence-electron chi connectivity index (χ0n) is 17.0. The number of aromatic nitrogens is 1. The van der Waals surface area contributed by atoms with E-state index in [0.717, 1.165) is 12.3 Å². The number of nitrogens with zero attached hydrogens (tertiary/aromatic N) is 3. The lowest BCUT2D eigenvalue weighted by Gasteiger charge is -2.36. The molecular weight excluding hydrogens is 429 g/mol. The van der Waals surface area contributed by atoms with Gasteiger partial charge in [0.15, 0.2) is 0 Å². The number of carbonyl (C=O) groups is 2. The summed E-state index contributed by atoms with van der Waals surface area (Å²) in [6.45, 7) is 2.08. The van der Waals surface area contributed by atoms with E-state index in [0.29, 0.717) is 37.7 Å². The molecule has 1 amide bonds. The minimum absolute atomic E-state index is 0.0157. The number of phenolic OH excluding ortho intramolecular Hbond substituents is 1. The third kappa shape index (κ3) is 6.33. The predicted octanol–water partition coefficient (Wildman–Crippen LogP) is 2.66. The van der Waals surface area contributed by atoms with Gasteiger partial charge in [0, 0.05) is 57.1 Å². The lowest BCUT2D eigenvalue weighted by Crippen LogP contribution is -2.49. The zero-order chi connectivity index (χ0) is 23.3. The summed E-state index contributed by atoms with van der Waals surface area (Å²) in [6, 6.07) is 8.27.